The standard InChI is InChI=1S/C15H17BrN2O2/c1-3-4-5-6-14(19)17-10-15(20)18-13-8-7-12(16)9-11(13)2/h3-9H,10H2,1-2H3,(H,17,19)(H,18,20). The van der Waals surface area contributed by atoms with Gasteiger partial charge < -0.3 is 10.6 Å². The topological polar surface area (TPSA) is 58.2 Å². The first-order valence-corrected chi connectivity index (χ1v) is 6.95. The summed E-state index contributed by atoms with van der Waals surface area (Å²) in [7, 11) is 0. The van der Waals surface area contributed by atoms with E-state index in [9.17, 15) is 9.59 Å². The van der Waals surface area contributed by atoms with Gasteiger partial charge in [0.15, 0.2) is 0 Å². The first kappa shape index (κ1) is 16.2. The van der Waals surface area contributed by atoms with E-state index in [1.807, 2.05) is 38.1 Å². The van der Waals surface area contributed by atoms with Gasteiger partial charge in [0.05, 0.1) is 6.54 Å². The fourth-order valence-electron chi connectivity index (χ4n) is 1.44. The number of allylic oxidation sites excluding steroid dienone is 3. The summed E-state index contributed by atoms with van der Waals surface area (Å²) in [6.45, 7) is 3.70. The lowest BCUT2D eigenvalue weighted by Gasteiger charge is -2.08. The van der Waals surface area contributed by atoms with Crippen molar-refractivity contribution in [1.82, 2.24) is 5.32 Å². The molecule has 0 heterocycles. The first-order chi connectivity index (χ1) is 9.52. The number of anilines is 1. The number of hydrogen-bond donors (Lipinski definition) is 2. The van der Waals surface area contributed by atoms with E-state index in [0.717, 1.165) is 15.7 Å². The molecule has 0 atom stereocenters. The minimum Gasteiger partial charge on any atom is -0.343 e. The van der Waals surface area contributed by atoms with Crippen LogP contribution in [0, 0.1) is 6.92 Å². The summed E-state index contributed by atoms with van der Waals surface area (Å²) in [6, 6.07) is 5.57. The van der Waals surface area contributed by atoms with Crippen molar-refractivity contribution in [3.63, 3.8) is 0 Å². The normalized spacial score (nSPS) is 10.9. The van der Waals surface area contributed by atoms with Crippen molar-refractivity contribution in [2.24, 2.45) is 0 Å². The van der Waals surface area contributed by atoms with E-state index >= 15 is 0 Å². The monoisotopic (exact) mass is 336 g/mol. The van der Waals surface area contributed by atoms with Gasteiger partial charge in [0.25, 0.3) is 0 Å². The van der Waals surface area contributed by atoms with Crippen LogP contribution in [0.15, 0.2) is 47.0 Å². The predicted octanol–water partition coefficient (Wildman–Crippen LogP) is 2.94. The highest BCUT2D eigenvalue weighted by molar-refractivity contribution is 9.10. The molecule has 0 spiro atoms. The van der Waals surface area contributed by atoms with Gasteiger partial charge in [-0.05, 0) is 37.6 Å². The third kappa shape index (κ3) is 5.84. The number of nitrogens with one attached hydrogen (secondary N) is 2. The molecular formula is C15H17BrN2O2. The summed E-state index contributed by atoms with van der Waals surface area (Å²) >= 11 is 3.36. The van der Waals surface area contributed by atoms with Crippen LogP contribution in [0.4, 0.5) is 5.69 Å². The zero-order valence-corrected chi connectivity index (χ0v) is 13.0. The van der Waals surface area contributed by atoms with Gasteiger partial charge in [-0.2, -0.15) is 0 Å². The van der Waals surface area contributed by atoms with Gasteiger partial charge in [-0.25, -0.2) is 0 Å². The summed E-state index contributed by atoms with van der Waals surface area (Å²) in [6.07, 6.45) is 6.54. The number of rotatable bonds is 5. The van der Waals surface area contributed by atoms with Crippen molar-refractivity contribution in [2.75, 3.05) is 11.9 Å². The highest BCUT2D eigenvalue weighted by Gasteiger charge is 2.05. The van der Waals surface area contributed by atoms with E-state index in [2.05, 4.69) is 26.6 Å². The van der Waals surface area contributed by atoms with Crippen molar-refractivity contribution in [3.05, 3.63) is 52.5 Å². The third-order valence-electron chi connectivity index (χ3n) is 2.44. The Morgan fingerprint density at radius 3 is 2.70 bits per heavy atom. The van der Waals surface area contributed by atoms with Gasteiger partial charge in [-0.15, -0.1) is 0 Å². The van der Waals surface area contributed by atoms with E-state index in [1.54, 1.807) is 12.2 Å². The van der Waals surface area contributed by atoms with Crippen molar-refractivity contribution in [2.45, 2.75) is 13.8 Å². The molecular weight excluding hydrogens is 320 g/mol. The van der Waals surface area contributed by atoms with Gasteiger partial charge >= 0.3 is 0 Å². The quantitative estimate of drug-likeness (QED) is 0.641. The van der Waals surface area contributed by atoms with Crippen LogP contribution >= 0.6 is 15.9 Å². The number of hydrogen-bond acceptors (Lipinski definition) is 2. The maximum Gasteiger partial charge on any atom is 0.244 e. The average molecular weight is 337 g/mol. The highest BCUT2D eigenvalue weighted by Crippen LogP contribution is 2.19. The molecule has 1 rings (SSSR count). The zero-order valence-electron chi connectivity index (χ0n) is 11.4. The Labute approximate surface area is 127 Å². The van der Waals surface area contributed by atoms with Crippen molar-refractivity contribution in [1.29, 1.82) is 0 Å². The summed E-state index contributed by atoms with van der Waals surface area (Å²) in [5.74, 6) is -0.561. The maximum atomic E-state index is 11.7. The lowest BCUT2D eigenvalue weighted by molar-refractivity contribution is -0.121. The molecule has 0 aliphatic heterocycles. The van der Waals surface area contributed by atoms with E-state index in [1.165, 1.54) is 6.08 Å². The molecule has 0 aliphatic rings. The molecule has 2 amide bonds. The third-order valence-corrected chi connectivity index (χ3v) is 2.93. The van der Waals surface area contributed by atoms with Gasteiger partial charge in [-0.1, -0.05) is 34.2 Å². The zero-order chi connectivity index (χ0) is 15.0. The molecule has 4 nitrogen and oxygen atoms in total. The van der Waals surface area contributed by atoms with E-state index < -0.39 is 0 Å². The van der Waals surface area contributed by atoms with Crippen LogP contribution < -0.4 is 10.6 Å². The number of amides is 2. The van der Waals surface area contributed by atoms with Crippen molar-refractivity contribution in [3.8, 4) is 0 Å². The molecule has 0 radical (unpaired) electrons. The van der Waals surface area contributed by atoms with Crippen LogP contribution in [-0.4, -0.2) is 18.4 Å². The molecule has 0 unspecified atom stereocenters. The Balaban J connectivity index is 2.46. The van der Waals surface area contributed by atoms with Crippen LogP contribution in [0.3, 0.4) is 0 Å². The lowest BCUT2D eigenvalue weighted by Crippen LogP contribution is -2.31. The van der Waals surface area contributed by atoms with Crippen LogP contribution in [-0.2, 0) is 9.59 Å². The van der Waals surface area contributed by atoms with E-state index in [0.29, 0.717) is 0 Å². The Hall–Kier alpha value is -1.88. The Morgan fingerprint density at radius 1 is 1.30 bits per heavy atom. The summed E-state index contributed by atoms with van der Waals surface area (Å²) < 4.78 is 0.954. The summed E-state index contributed by atoms with van der Waals surface area (Å²) in [5, 5.41) is 5.26. The minimum absolute atomic E-state index is 0.0610. The van der Waals surface area contributed by atoms with Crippen molar-refractivity contribution < 1.29 is 9.59 Å². The molecule has 0 bridgehead atoms. The fourth-order valence-corrected chi connectivity index (χ4v) is 1.92. The maximum absolute atomic E-state index is 11.7. The average Bonchev–Trinajstić information content (AvgIpc) is 2.40. The first-order valence-electron chi connectivity index (χ1n) is 6.16. The second-order valence-corrected chi connectivity index (χ2v) is 5.03. The number of aryl methyl sites for hydroxylation is 1. The molecule has 5 heteroatoms. The molecule has 20 heavy (non-hydrogen) atoms. The summed E-state index contributed by atoms with van der Waals surface area (Å²) in [4.78, 5) is 23.1. The van der Waals surface area contributed by atoms with Gasteiger partial charge in [-0.3, -0.25) is 9.59 Å². The lowest BCUT2D eigenvalue weighted by atomic mass is 10.2. The van der Waals surface area contributed by atoms with Crippen LogP contribution in [0.2, 0.25) is 0 Å². The molecule has 2 N–H and O–H groups in total. The smallest absolute Gasteiger partial charge is 0.244 e. The fraction of sp³-hybridized carbons (Fsp3) is 0.200. The molecule has 0 fully saturated rings. The van der Waals surface area contributed by atoms with Gasteiger partial charge in [0.2, 0.25) is 11.8 Å². The minimum atomic E-state index is -0.300. The summed E-state index contributed by atoms with van der Waals surface area (Å²) in [5.41, 5.74) is 1.68. The molecule has 0 saturated heterocycles. The highest BCUT2D eigenvalue weighted by atomic mass is 79.9. The van der Waals surface area contributed by atoms with E-state index in [4.69, 9.17) is 0 Å². The molecule has 0 aliphatic carbocycles. The van der Waals surface area contributed by atoms with E-state index in [-0.39, 0.29) is 18.4 Å². The molecule has 1 aromatic rings. The van der Waals surface area contributed by atoms with Crippen molar-refractivity contribution >= 4 is 33.4 Å². The second kappa shape index (κ2) is 8.32. The van der Waals surface area contributed by atoms with Crippen LogP contribution in [0.1, 0.15) is 12.5 Å². The second-order valence-electron chi connectivity index (χ2n) is 4.11. The molecule has 106 valence electrons. The van der Waals surface area contributed by atoms with Crippen LogP contribution in [0.25, 0.3) is 0 Å². The Bertz CT molecular complexity index is 551. The number of carbonyl (C=O) groups excluding carboxylic acids is 2. The predicted molar refractivity (Wildman–Crippen MR) is 84.5 cm³/mol. The SMILES string of the molecule is CC=CC=CC(=O)NCC(=O)Nc1ccc(Br)cc1C. The largest absolute Gasteiger partial charge is 0.343 e. The molecule has 1 aromatic carbocycles. The number of benzene rings is 1. The Morgan fingerprint density at radius 2 is 2.05 bits per heavy atom. The molecule has 0 saturated carbocycles. The number of halogens is 1. The van der Waals surface area contributed by atoms with Crippen LogP contribution in [0.5, 0.6) is 0 Å². The molecule has 0 aromatic heterocycles. The number of carbonyl (C=O) groups is 2. The van der Waals surface area contributed by atoms with Gasteiger partial charge in [0, 0.05) is 16.2 Å². The van der Waals surface area contributed by atoms with Gasteiger partial charge in [0.1, 0.15) is 0 Å². The Kier molecular flexibility index (Phi) is 6.73.